The average molecular weight is 300 g/mol. The van der Waals surface area contributed by atoms with Crippen molar-refractivity contribution in [2.24, 2.45) is 0 Å². The van der Waals surface area contributed by atoms with Crippen LogP contribution in [0.5, 0.6) is 11.5 Å². The fourth-order valence-corrected chi connectivity index (χ4v) is 2.88. The molecule has 2 heterocycles. The second-order valence-electron chi connectivity index (χ2n) is 5.33. The van der Waals surface area contributed by atoms with E-state index in [0.717, 1.165) is 12.2 Å². The Morgan fingerprint density at radius 1 is 1.18 bits per heavy atom. The Balaban J connectivity index is 1.66. The molecule has 0 aliphatic carbocycles. The van der Waals surface area contributed by atoms with Crippen LogP contribution in [0.3, 0.4) is 0 Å². The van der Waals surface area contributed by atoms with Gasteiger partial charge in [0, 0.05) is 25.0 Å². The van der Waals surface area contributed by atoms with Gasteiger partial charge in [0.15, 0.2) is 18.1 Å². The molecule has 2 aromatic rings. The largest absolute Gasteiger partial charge is 0.493 e. The number of fused-ring (bicyclic) bond motifs is 1. The van der Waals surface area contributed by atoms with Crippen LogP contribution < -0.4 is 9.47 Å². The summed E-state index contributed by atoms with van der Waals surface area (Å²) in [4.78, 5) is 14.3. The molecule has 0 saturated carbocycles. The van der Waals surface area contributed by atoms with E-state index in [1.54, 1.807) is 13.2 Å². The third-order valence-electron chi connectivity index (χ3n) is 4.08. The number of rotatable bonds is 4. The molecule has 0 bridgehead atoms. The summed E-state index contributed by atoms with van der Waals surface area (Å²) in [6.07, 6.45) is 2.05. The Morgan fingerprint density at radius 3 is 2.73 bits per heavy atom. The zero-order valence-electron chi connectivity index (χ0n) is 12.9. The van der Waals surface area contributed by atoms with Gasteiger partial charge in [-0.1, -0.05) is 12.1 Å². The summed E-state index contributed by atoms with van der Waals surface area (Å²) in [6.45, 7) is 3.60. The van der Waals surface area contributed by atoms with Crippen molar-refractivity contribution in [1.82, 2.24) is 9.47 Å². The van der Waals surface area contributed by atoms with Gasteiger partial charge in [0.05, 0.1) is 13.2 Å². The second-order valence-corrected chi connectivity index (χ2v) is 5.33. The minimum atomic E-state index is -0.00847. The van der Waals surface area contributed by atoms with Crippen LogP contribution >= 0.6 is 0 Å². The lowest BCUT2D eigenvalue weighted by Crippen LogP contribution is -2.42. The molecule has 5 heteroatoms. The molecule has 1 atom stereocenters. The van der Waals surface area contributed by atoms with Crippen LogP contribution in [0, 0.1) is 0 Å². The number of amides is 1. The molecule has 1 aromatic heterocycles. The standard InChI is InChI=1S/C17H20N2O3/c1-13-14-6-5-9-18(14)10-11-19(13)17(20)12-22-16-8-4-3-7-15(16)21-2/h3-9,13H,10-12H2,1-2H3/t13-/m1/s1. The Labute approximate surface area is 130 Å². The number of methoxy groups -OCH3 is 1. The van der Waals surface area contributed by atoms with Crippen molar-refractivity contribution in [3.05, 3.63) is 48.3 Å². The summed E-state index contributed by atoms with van der Waals surface area (Å²) in [7, 11) is 1.59. The van der Waals surface area contributed by atoms with Gasteiger partial charge in [-0.15, -0.1) is 0 Å². The normalized spacial score (nSPS) is 17.0. The maximum Gasteiger partial charge on any atom is 0.261 e. The molecule has 0 N–H and O–H groups in total. The lowest BCUT2D eigenvalue weighted by molar-refractivity contribution is -0.136. The Bertz CT molecular complexity index is 665. The topological polar surface area (TPSA) is 43.7 Å². The third-order valence-corrected chi connectivity index (χ3v) is 4.08. The van der Waals surface area contributed by atoms with Gasteiger partial charge in [-0.2, -0.15) is 0 Å². The van der Waals surface area contributed by atoms with E-state index < -0.39 is 0 Å². The number of hydrogen-bond donors (Lipinski definition) is 0. The van der Waals surface area contributed by atoms with E-state index in [1.807, 2.05) is 36.1 Å². The maximum absolute atomic E-state index is 12.5. The van der Waals surface area contributed by atoms with E-state index in [-0.39, 0.29) is 18.6 Å². The molecular weight excluding hydrogens is 280 g/mol. The molecular formula is C17H20N2O3. The van der Waals surface area contributed by atoms with Crippen LogP contribution in [0.2, 0.25) is 0 Å². The number of para-hydroxylation sites is 2. The van der Waals surface area contributed by atoms with Crippen LogP contribution in [-0.2, 0) is 11.3 Å². The highest BCUT2D eigenvalue weighted by Crippen LogP contribution is 2.27. The molecule has 3 rings (SSSR count). The van der Waals surface area contributed by atoms with E-state index >= 15 is 0 Å². The Morgan fingerprint density at radius 2 is 1.95 bits per heavy atom. The summed E-state index contributed by atoms with van der Waals surface area (Å²) in [5.41, 5.74) is 1.16. The molecule has 0 unspecified atom stereocenters. The van der Waals surface area contributed by atoms with E-state index in [4.69, 9.17) is 9.47 Å². The highest BCUT2D eigenvalue weighted by atomic mass is 16.5. The number of nitrogens with zero attached hydrogens (tertiary/aromatic N) is 2. The summed E-state index contributed by atoms with van der Waals surface area (Å²) in [5.74, 6) is 1.22. The average Bonchev–Trinajstić information content (AvgIpc) is 3.02. The minimum Gasteiger partial charge on any atom is -0.493 e. The zero-order chi connectivity index (χ0) is 15.5. The first-order valence-electron chi connectivity index (χ1n) is 7.41. The monoisotopic (exact) mass is 300 g/mol. The van der Waals surface area contributed by atoms with Crippen molar-refractivity contribution in [2.45, 2.75) is 19.5 Å². The molecule has 1 aromatic carbocycles. The van der Waals surface area contributed by atoms with Crippen LogP contribution in [0.1, 0.15) is 18.7 Å². The summed E-state index contributed by atoms with van der Waals surface area (Å²) >= 11 is 0. The smallest absolute Gasteiger partial charge is 0.261 e. The summed E-state index contributed by atoms with van der Waals surface area (Å²) in [6, 6.07) is 11.5. The first-order chi connectivity index (χ1) is 10.7. The third kappa shape index (κ3) is 2.66. The molecule has 1 amide bonds. The Kier molecular flexibility index (Phi) is 4.04. The van der Waals surface area contributed by atoms with E-state index in [2.05, 4.69) is 16.8 Å². The number of carbonyl (C=O) groups excluding carboxylic acids is 1. The number of benzene rings is 1. The molecule has 5 nitrogen and oxygen atoms in total. The molecule has 22 heavy (non-hydrogen) atoms. The van der Waals surface area contributed by atoms with Gasteiger partial charge in [0.1, 0.15) is 0 Å². The van der Waals surface area contributed by atoms with Crippen LogP contribution in [0.25, 0.3) is 0 Å². The fraction of sp³-hybridized carbons (Fsp3) is 0.353. The fourth-order valence-electron chi connectivity index (χ4n) is 2.88. The van der Waals surface area contributed by atoms with Gasteiger partial charge < -0.3 is 18.9 Å². The quantitative estimate of drug-likeness (QED) is 0.871. The number of ether oxygens (including phenoxy) is 2. The van der Waals surface area contributed by atoms with Crippen molar-refractivity contribution >= 4 is 5.91 Å². The van der Waals surface area contributed by atoms with Crippen molar-refractivity contribution < 1.29 is 14.3 Å². The van der Waals surface area contributed by atoms with Gasteiger partial charge >= 0.3 is 0 Å². The summed E-state index contributed by atoms with van der Waals surface area (Å²) < 4.78 is 13.1. The zero-order valence-corrected chi connectivity index (χ0v) is 12.9. The molecule has 0 spiro atoms. The maximum atomic E-state index is 12.5. The van der Waals surface area contributed by atoms with Crippen molar-refractivity contribution in [3.63, 3.8) is 0 Å². The molecule has 116 valence electrons. The van der Waals surface area contributed by atoms with Crippen molar-refractivity contribution in [1.29, 1.82) is 0 Å². The van der Waals surface area contributed by atoms with Crippen LogP contribution in [-0.4, -0.2) is 35.6 Å². The predicted octanol–water partition coefficient (Wildman–Crippen LogP) is 2.48. The van der Waals surface area contributed by atoms with Crippen molar-refractivity contribution in [2.75, 3.05) is 20.3 Å². The molecule has 0 saturated heterocycles. The SMILES string of the molecule is COc1ccccc1OCC(=O)N1CCn2cccc2[C@H]1C. The number of hydrogen-bond acceptors (Lipinski definition) is 3. The Hall–Kier alpha value is -2.43. The van der Waals surface area contributed by atoms with Gasteiger partial charge in [-0.25, -0.2) is 0 Å². The molecule has 0 radical (unpaired) electrons. The highest BCUT2D eigenvalue weighted by molar-refractivity contribution is 5.78. The highest BCUT2D eigenvalue weighted by Gasteiger charge is 2.27. The molecule has 1 aliphatic heterocycles. The lowest BCUT2D eigenvalue weighted by atomic mass is 10.1. The van der Waals surface area contributed by atoms with E-state index in [1.165, 1.54) is 0 Å². The first kappa shape index (κ1) is 14.5. The lowest BCUT2D eigenvalue weighted by Gasteiger charge is -2.34. The van der Waals surface area contributed by atoms with E-state index in [9.17, 15) is 4.79 Å². The number of aromatic nitrogens is 1. The van der Waals surface area contributed by atoms with Gasteiger partial charge in [0.25, 0.3) is 5.91 Å². The minimum absolute atomic E-state index is 0.00847. The van der Waals surface area contributed by atoms with E-state index in [0.29, 0.717) is 18.0 Å². The number of carbonyl (C=O) groups is 1. The predicted molar refractivity (Wildman–Crippen MR) is 83.0 cm³/mol. The van der Waals surface area contributed by atoms with Gasteiger partial charge in [-0.05, 0) is 31.2 Å². The van der Waals surface area contributed by atoms with Gasteiger partial charge in [-0.3, -0.25) is 4.79 Å². The van der Waals surface area contributed by atoms with Crippen LogP contribution in [0.4, 0.5) is 0 Å². The summed E-state index contributed by atoms with van der Waals surface area (Å²) in [5, 5.41) is 0. The first-order valence-corrected chi connectivity index (χ1v) is 7.41. The van der Waals surface area contributed by atoms with Gasteiger partial charge in [0.2, 0.25) is 0 Å². The second kappa shape index (κ2) is 6.13. The molecule has 0 fully saturated rings. The molecule has 1 aliphatic rings. The van der Waals surface area contributed by atoms with Crippen molar-refractivity contribution in [3.8, 4) is 11.5 Å². The van der Waals surface area contributed by atoms with Crippen LogP contribution in [0.15, 0.2) is 42.6 Å².